The Morgan fingerprint density at radius 3 is 1.94 bits per heavy atom. The van der Waals surface area contributed by atoms with E-state index in [0.29, 0.717) is 0 Å². The van der Waals surface area contributed by atoms with Crippen molar-refractivity contribution < 1.29 is 4.90 Å². The molecule has 2 aliphatic rings. The number of hydrogen-bond donors (Lipinski definition) is 1. The molecule has 4 heteroatoms. The van der Waals surface area contributed by atoms with Crippen LogP contribution in [0.1, 0.15) is 51.4 Å². The lowest BCUT2D eigenvalue weighted by Crippen LogP contribution is -3.13. The summed E-state index contributed by atoms with van der Waals surface area (Å²) in [7, 11) is 0. The van der Waals surface area contributed by atoms with E-state index in [1.54, 1.807) is 4.90 Å². The highest BCUT2D eigenvalue weighted by atomic mass is 32.2. The molecule has 2 rings (SSSR count). The molecule has 0 unspecified atom stereocenters. The maximum absolute atomic E-state index is 5.64. The predicted octanol–water partition coefficient (Wildman–Crippen LogP) is 2.25. The Morgan fingerprint density at radius 2 is 1.35 bits per heavy atom. The summed E-state index contributed by atoms with van der Waals surface area (Å²) in [6.45, 7) is 5.00. The lowest BCUT2D eigenvalue weighted by atomic mass is 10.2. The van der Waals surface area contributed by atoms with E-state index in [0.717, 1.165) is 0 Å². The standard InChI is InChI=1S/C13H24N2S2/c16-13(14-9-5-1-2-6-10-14)17-15-11-7-3-4-8-12-15/h1-12H2/p+1. The molecule has 0 amide bonds. The SMILES string of the molecule is S=C(SN1CCCCCC1)[NH+]1CCCCCC1. The zero-order chi connectivity index (χ0) is 11.9. The van der Waals surface area contributed by atoms with Crippen LogP contribution in [0.15, 0.2) is 0 Å². The molecular weight excluding hydrogens is 248 g/mol. The van der Waals surface area contributed by atoms with Crippen LogP contribution in [0.25, 0.3) is 0 Å². The Bertz CT molecular complexity index is 230. The first-order chi connectivity index (χ1) is 8.36. The van der Waals surface area contributed by atoms with Crippen molar-refractivity contribution in [2.24, 2.45) is 0 Å². The lowest BCUT2D eigenvalue weighted by Gasteiger charge is -2.22. The van der Waals surface area contributed by atoms with E-state index in [9.17, 15) is 0 Å². The van der Waals surface area contributed by atoms with E-state index in [2.05, 4.69) is 4.31 Å². The second kappa shape index (κ2) is 7.72. The maximum Gasteiger partial charge on any atom is 0.247 e. The van der Waals surface area contributed by atoms with Gasteiger partial charge in [0.05, 0.1) is 13.1 Å². The topological polar surface area (TPSA) is 7.68 Å². The summed E-state index contributed by atoms with van der Waals surface area (Å²) in [6, 6.07) is 0. The molecule has 0 bridgehead atoms. The molecule has 2 aliphatic heterocycles. The van der Waals surface area contributed by atoms with E-state index in [1.807, 2.05) is 11.9 Å². The van der Waals surface area contributed by atoms with E-state index in [-0.39, 0.29) is 0 Å². The van der Waals surface area contributed by atoms with Crippen LogP contribution in [-0.2, 0) is 0 Å². The van der Waals surface area contributed by atoms with Gasteiger partial charge in [0.2, 0.25) is 4.32 Å². The molecule has 0 spiro atoms. The molecule has 0 saturated carbocycles. The maximum atomic E-state index is 5.64. The van der Waals surface area contributed by atoms with Crippen molar-refractivity contribution in [2.45, 2.75) is 51.4 Å². The Hall–Kier alpha value is 0.360. The Labute approximate surface area is 115 Å². The average molecular weight is 273 g/mol. The summed E-state index contributed by atoms with van der Waals surface area (Å²) >= 11 is 7.52. The highest BCUT2D eigenvalue weighted by Crippen LogP contribution is 2.17. The number of thiocarbonyl (C=S) groups is 1. The smallest absolute Gasteiger partial charge is 0.247 e. The van der Waals surface area contributed by atoms with Crippen LogP contribution in [0.2, 0.25) is 0 Å². The molecule has 0 atom stereocenters. The summed E-state index contributed by atoms with van der Waals surface area (Å²) in [4.78, 5) is 1.58. The van der Waals surface area contributed by atoms with Crippen molar-refractivity contribution in [3.8, 4) is 0 Å². The minimum absolute atomic E-state index is 1.20. The van der Waals surface area contributed by atoms with Crippen LogP contribution in [0.4, 0.5) is 0 Å². The van der Waals surface area contributed by atoms with Crippen LogP contribution < -0.4 is 4.90 Å². The predicted molar refractivity (Wildman–Crippen MR) is 79.4 cm³/mol. The normalized spacial score (nSPS) is 25.2. The molecule has 1 N–H and O–H groups in total. The third-order valence-corrected chi connectivity index (χ3v) is 5.36. The molecular formula is C13H25N2S2+. The number of quaternary nitrogens is 1. The fourth-order valence-electron chi connectivity index (χ4n) is 2.67. The minimum atomic E-state index is 1.20. The molecule has 0 aromatic heterocycles. The summed E-state index contributed by atoms with van der Waals surface area (Å²) in [5, 5.41) is 0. The fourth-order valence-corrected chi connectivity index (χ4v) is 4.20. The third kappa shape index (κ3) is 4.86. The van der Waals surface area contributed by atoms with Gasteiger partial charge >= 0.3 is 0 Å². The summed E-state index contributed by atoms with van der Waals surface area (Å²) in [5.41, 5.74) is 0. The van der Waals surface area contributed by atoms with E-state index in [4.69, 9.17) is 12.2 Å². The van der Waals surface area contributed by atoms with Crippen molar-refractivity contribution in [3.05, 3.63) is 0 Å². The minimum Gasteiger partial charge on any atom is -0.286 e. The van der Waals surface area contributed by atoms with Crippen LogP contribution in [0.5, 0.6) is 0 Å². The number of likely N-dealkylation sites (tertiary alicyclic amines) is 1. The van der Waals surface area contributed by atoms with E-state index in [1.165, 1.54) is 81.9 Å². The number of nitrogens with one attached hydrogen (secondary N) is 1. The van der Waals surface area contributed by atoms with Gasteiger partial charge in [-0.05, 0) is 50.7 Å². The van der Waals surface area contributed by atoms with Crippen molar-refractivity contribution in [1.82, 2.24) is 4.31 Å². The quantitative estimate of drug-likeness (QED) is 0.579. The number of nitrogens with zero attached hydrogens (tertiary/aromatic N) is 1. The van der Waals surface area contributed by atoms with Crippen molar-refractivity contribution >= 4 is 28.5 Å². The van der Waals surface area contributed by atoms with Crippen molar-refractivity contribution in [2.75, 3.05) is 26.2 Å². The van der Waals surface area contributed by atoms with Gasteiger partial charge in [0.25, 0.3) is 0 Å². The van der Waals surface area contributed by atoms with Gasteiger partial charge in [0.15, 0.2) is 0 Å². The fraction of sp³-hybridized carbons (Fsp3) is 0.923. The largest absolute Gasteiger partial charge is 0.286 e. The van der Waals surface area contributed by atoms with Gasteiger partial charge in [-0.2, -0.15) is 0 Å². The van der Waals surface area contributed by atoms with Crippen LogP contribution in [-0.4, -0.2) is 34.8 Å². The van der Waals surface area contributed by atoms with E-state index < -0.39 is 0 Å². The molecule has 0 aromatic carbocycles. The first kappa shape index (κ1) is 13.8. The molecule has 2 nitrogen and oxygen atoms in total. The first-order valence-corrected chi connectivity index (χ1v) is 8.36. The molecule has 0 aromatic rings. The van der Waals surface area contributed by atoms with E-state index >= 15 is 0 Å². The summed E-state index contributed by atoms with van der Waals surface area (Å²) in [5.74, 6) is 0. The molecule has 0 aliphatic carbocycles. The summed E-state index contributed by atoms with van der Waals surface area (Å²) < 4.78 is 3.71. The third-order valence-electron chi connectivity index (χ3n) is 3.77. The highest BCUT2D eigenvalue weighted by Gasteiger charge is 2.21. The first-order valence-electron chi connectivity index (χ1n) is 7.18. The van der Waals surface area contributed by atoms with Gasteiger partial charge < -0.3 is 0 Å². The van der Waals surface area contributed by atoms with Crippen LogP contribution >= 0.6 is 24.2 Å². The molecule has 2 heterocycles. The van der Waals surface area contributed by atoms with Gasteiger partial charge in [0.1, 0.15) is 0 Å². The second-order valence-electron chi connectivity index (χ2n) is 5.24. The van der Waals surface area contributed by atoms with Crippen LogP contribution in [0, 0.1) is 0 Å². The van der Waals surface area contributed by atoms with Gasteiger partial charge in [0, 0.05) is 25.0 Å². The zero-order valence-corrected chi connectivity index (χ0v) is 12.4. The lowest BCUT2D eigenvalue weighted by molar-refractivity contribution is -0.798. The Balaban J connectivity index is 1.77. The Kier molecular flexibility index (Phi) is 6.26. The van der Waals surface area contributed by atoms with Crippen molar-refractivity contribution in [3.63, 3.8) is 0 Å². The van der Waals surface area contributed by atoms with Crippen LogP contribution in [0.3, 0.4) is 0 Å². The Morgan fingerprint density at radius 1 is 0.824 bits per heavy atom. The zero-order valence-electron chi connectivity index (χ0n) is 10.7. The van der Waals surface area contributed by atoms with Gasteiger partial charge in [-0.3, -0.25) is 4.90 Å². The number of hydrogen-bond acceptors (Lipinski definition) is 3. The molecule has 98 valence electrons. The molecule has 17 heavy (non-hydrogen) atoms. The monoisotopic (exact) mass is 273 g/mol. The second-order valence-corrected chi connectivity index (χ2v) is 7.01. The average Bonchev–Trinajstić information content (AvgIpc) is 2.72. The molecule has 0 radical (unpaired) electrons. The summed E-state index contributed by atoms with van der Waals surface area (Å²) in [6.07, 6.45) is 11.0. The van der Waals surface area contributed by atoms with Gasteiger partial charge in [-0.15, -0.1) is 0 Å². The van der Waals surface area contributed by atoms with Gasteiger partial charge in [-0.25, -0.2) is 4.31 Å². The molecule has 2 saturated heterocycles. The highest BCUT2D eigenvalue weighted by molar-refractivity contribution is 8.20. The van der Waals surface area contributed by atoms with Gasteiger partial charge in [-0.1, -0.05) is 12.8 Å². The number of rotatable bonds is 1. The molecule has 2 fully saturated rings. The van der Waals surface area contributed by atoms with Crippen molar-refractivity contribution in [1.29, 1.82) is 0 Å².